The Kier molecular flexibility index (Phi) is 12.2. The molecule has 65 heavy (non-hydrogen) atoms. The average molecular weight is 841 g/mol. The van der Waals surface area contributed by atoms with Crippen LogP contribution in [0.4, 0.5) is 17.1 Å². The number of hydrogen-bond acceptors (Lipinski definition) is 2. The molecule has 2 aliphatic rings. The average Bonchev–Trinajstić information content (AvgIpc) is 3.95. The molecule has 0 bridgehead atoms. The highest BCUT2D eigenvalue weighted by Gasteiger charge is 2.44. The van der Waals surface area contributed by atoms with E-state index in [4.69, 9.17) is 0 Å². The Hall–Kier alpha value is -7.42. The van der Waals surface area contributed by atoms with Gasteiger partial charge < -0.3 is 9.80 Å². The molecule has 1 aliphatic heterocycles. The molecule has 2 unspecified atom stereocenters. The van der Waals surface area contributed by atoms with Crippen LogP contribution >= 0.6 is 0 Å². The van der Waals surface area contributed by atoms with Gasteiger partial charge in [0, 0.05) is 42.0 Å². The number of fused-ring (bicyclic) bond motifs is 3. The maximum atomic E-state index is 2.68. The van der Waals surface area contributed by atoms with E-state index >= 15 is 0 Å². The Morgan fingerprint density at radius 3 is 1.63 bits per heavy atom. The van der Waals surface area contributed by atoms with Gasteiger partial charge in [0.05, 0.1) is 5.69 Å². The molecular formula is C63H56N2. The van der Waals surface area contributed by atoms with Crippen LogP contribution in [0.2, 0.25) is 0 Å². The Morgan fingerprint density at radius 2 is 1.08 bits per heavy atom. The van der Waals surface area contributed by atoms with E-state index < -0.39 is 0 Å². The van der Waals surface area contributed by atoms with E-state index in [9.17, 15) is 0 Å². The van der Waals surface area contributed by atoms with Gasteiger partial charge in [-0.25, -0.2) is 0 Å². The van der Waals surface area contributed by atoms with Crippen molar-refractivity contribution in [3.05, 3.63) is 280 Å². The maximum absolute atomic E-state index is 2.68. The lowest BCUT2D eigenvalue weighted by Crippen LogP contribution is -2.26. The van der Waals surface area contributed by atoms with Crippen molar-refractivity contribution in [3.8, 4) is 0 Å². The summed E-state index contributed by atoms with van der Waals surface area (Å²) in [7, 11) is 0. The number of hydrogen-bond donors (Lipinski definition) is 0. The van der Waals surface area contributed by atoms with Crippen molar-refractivity contribution in [1.29, 1.82) is 0 Å². The second kappa shape index (κ2) is 19.1. The SMILES string of the molecule is Cc1cccc(C(=C/C=C/c2ccc(N3c4ccc(C=C(c5ccccc5)c5ccccc5)c(N(Cc5ccccc5)Cc5ccccc5)c4C4CCCC43)cc2)c2cccc(C)c2)c1. The van der Waals surface area contributed by atoms with E-state index in [-0.39, 0.29) is 0 Å². The highest BCUT2D eigenvalue weighted by molar-refractivity contribution is 5.96. The molecule has 1 heterocycles. The summed E-state index contributed by atoms with van der Waals surface area (Å²) < 4.78 is 0. The third-order valence-corrected chi connectivity index (χ3v) is 13.3. The first-order valence-corrected chi connectivity index (χ1v) is 23.3. The van der Waals surface area contributed by atoms with E-state index in [0.29, 0.717) is 12.0 Å². The Labute approximate surface area is 386 Å². The van der Waals surface area contributed by atoms with E-state index in [1.807, 2.05) is 0 Å². The van der Waals surface area contributed by atoms with Crippen LogP contribution in [-0.4, -0.2) is 6.04 Å². The Bertz CT molecular complexity index is 2830. The summed E-state index contributed by atoms with van der Waals surface area (Å²) in [5.41, 5.74) is 20.4. The molecule has 1 aliphatic carbocycles. The van der Waals surface area contributed by atoms with Crippen molar-refractivity contribution in [2.45, 2.75) is 58.2 Å². The van der Waals surface area contributed by atoms with Crippen molar-refractivity contribution >= 4 is 40.4 Å². The topological polar surface area (TPSA) is 6.48 Å². The fourth-order valence-electron chi connectivity index (χ4n) is 10.3. The van der Waals surface area contributed by atoms with Crippen LogP contribution in [0.5, 0.6) is 0 Å². The molecule has 0 aromatic heterocycles. The number of nitrogens with zero attached hydrogens (tertiary/aromatic N) is 2. The van der Waals surface area contributed by atoms with Crippen LogP contribution < -0.4 is 9.80 Å². The second-order valence-corrected chi connectivity index (χ2v) is 17.8. The molecule has 2 nitrogen and oxygen atoms in total. The molecule has 0 radical (unpaired) electrons. The largest absolute Gasteiger partial charge is 0.362 e. The third kappa shape index (κ3) is 9.17. The van der Waals surface area contributed by atoms with E-state index in [1.165, 1.54) is 109 Å². The van der Waals surface area contributed by atoms with Gasteiger partial charge in [-0.1, -0.05) is 224 Å². The summed E-state index contributed by atoms with van der Waals surface area (Å²) >= 11 is 0. The van der Waals surface area contributed by atoms with Crippen molar-refractivity contribution in [2.24, 2.45) is 0 Å². The molecule has 0 saturated heterocycles. The first-order chi connectivity index (χ1) is 32.1. The van der Waals surface area contributed by atoms with Crippen LogP contribution in [-0.2, 0) is 13.1 Å². The number of allylic oxidation sites excluding steroid dienone is 2. The zero-order chi connectivity index (χ0) is 44.0. The Morgan fingerprint density at radius 1 is 0.538 bits per heavy atom. The lowest BCUT2D eigenvalue weighted by molar-refractivity contribution is 0.639. The maximum Gasteiger partial charge on any atom is 0.0503 e. The molecule has 2 atom stereocenters. The zero-order valence-corrected chi connectivity index (χ0v) is 37.5. The van der Waals surface area contributed by atoms with Gasteiger partial charge in [-0.15, -0.1) is 0 Å². The number of benzene rings is 8. The number of aryl methyl sites for hydroxylation is 2. The van der Waals surface area contributed by atoms with Crippen molar-refractivity contribution in [1.82, 2.24) is 0 Å². The molecule has 318 valence electrons. The molecule has 1 fully saturated rings. The molecule has 0 N–H and O–H groups in total. The third-order valence-electron chi connectivity index (χ3n) is 13.3. The first-order valence-electron chi connectivity index (χ1n) is 23.3. The van der Waals surface area contributed by atoms with Gasteiger partial charge in [-0.3, -0.25) is 0 Å². The highest BCUT2D eigenvalue weighted by atomic mass is 15.2. The summed E-state index contributed by atoms with van der Waals surface area (Å²) in [6.45, 7) is 5.94. The fourth-order valence-corrected chi connectivity index (χ4v) is 10.3. The monoisotopic (exact) mass is 840 g/mol. The fraction of sp³-hybridized carbons (Fsp3) is 0.143. The lowest BCUT2D eigenvalue weighted by Gasteiger charge is -2.31. The van der Waals surface area contributed by atoms with E-state index in [0.717, 1.165) is 13.1 Å². The van der Waals surface area contributed by atoms with Gasteiger partial charge in [-0.05, 0) is 107 Å². The number of anilines is 3. The van der Waals surface area contributed by atoms with Crippen LogP contribution in [0.1, 0.15) is 86.4 Å². The minimum absolute atomic E-state index is 0.400. The zero-order valence-electron chi connectivity index (χ0n) is 37.5. The van der Waals surface area contributed by atoms with Crippen LogP contribution in [0.25, 0.3) is 23.3 Å². The highest BCUT2D eigenvalue weighted by Crippen LogP contribution is 2.57. The summed E-state index contributed by atoms with van der Waals surface area (Å²) in [6, 6.07) is 76.0. The molecular weight excluding hydrogens is 785 g/mol. The van der Waals surface area contributed by atoms with Gasteiger partial charge in [-0.2, -0.15) is 0 Å². The van der Waals surface area contributed by atoms with Gasteiger partial charge in [0.2, 0.25) is 0 Å². The summed E-state index contributed by atoms with van der Waals surface area (Å²) in [4.78, 5) is 5.36. The van der Waals surface area contributed by atoms with Crippen molar-refractivity contribution in [3.63, 3.8) is 0 Å². The van der Waals surface area contributed by atoms with Gasteiger partial charge in [0.15, 0.2) is 0 Å². The molecule has 8 aromatic rings. The normalized spacial score (nSPS) is 15.1. The lowest BCUT2D eigenvalue weighted by atomic mass is 9.90. The Balaban J connectivity index is 1.08. The molecule has 2 heteroatoms. The van der Waals surface area contributed by atoms with Gasteiger partial charge in [0.1, 0.15) is 0 Å². The van der Waals surface area contributed by atoms with Crippen LogP contribution in [0.15, 0.2) is 218 Å². The molecule has 1 saturated carbocycles. The van der Waals surface area contributed by atoms with E-state index in [2.05, 4.69) is 254 Å². The van der Waals surface area contributed by atoms with Crippen LogP contribution in [0.3, 0.4) is 0 Å². The van der Waals surface area contributed by atoms with Gasteiger partial charge >= 0.3 is 0 Å². The summed E-state index contributed by atoms with van der Waals surface area (Å²) in [5, 5.41) is 0. The summed E-state index contributed by atoms with van der Waals surface area (Å²) in [6.07, 6.45) is 12.8. The van der Waals surface area contributed by atoms with Gasteiger partial charge in [0.25, 0.3) is 0 Å². The minimum atomic E-state index is 0.400. The molecule has 8 aromatic carbocycles. The van der Waals surface area contributed by atoms with Crippen LogP contribution in [0, 0.1) is 13.8 Å². The molecule has 0 spiro atoms. The van der Waals surface area contributed by atoms with E-state index in [1.54, 1.807) is 0 Å². The first kappa shape index (κ1) is 41.6. The molecule has 0 amide bonds. The second-order valence-electron chi connectivity index (χ2n) is 17.8. The smallest absolute Gasteiger partial charge is 0.0503 e. The minimum Gasteiger partial charge on any atom is -0.362 e. The summed E-state index contributed by atoms with van der Waals surface area (Å²) in [5.74, 6) is 0.422. The quantitative estimate of drug-likeness (QED) is 0.0843. The predicted octanol–water partition coefficient (Wildman–Crippen LogP) is 16.0. The predicted molar refractivity (Wildman–Crippen MR) is 277 cm³/mol. The van der Waals surface area contributed by atoms with Crippen molar-refractivity contribution < 1.29 is 0 Å². The van der Waals surface area contributed by atoms with Crippen molar-refractivity contribution in [2.75, 3.05) is 9.80 Å². The standard InChI is InChI=1S/C63H56N2/c1-46-19-15-30-53(41-46)57(54-31-16-20-47(2)42-54)32-17-25-48-35-38-56(39-36-48)65-60-34-18-33-58(60)62-61(65)40-37-55(43-59(51-26-11-5-12-27-51)52-28-13-6-14-29-52)63(62)64(44-49-21-7-3-8-22-49)45-50-23-9-4-10-24-50/h3-17,19-32,35-43,58,60H,18,33-34,44-45H2,1-2H3/b25-17+. The molecule has 10 rings (SSSR count). The number of rotatable bonds is 13.